The molecular weight excluding hydrogens is 289 g/mol. The van der Waals surface area contributed by atoms with Gasteiger partial charge in [0.15, 0.2) is 0 Å². The zero-order valence-electron chi connectivity index (χ0n) is 13.6. The van der Waals surface area contributed by atoms with E-state index in [0.29, 0.717) is 35.9 Å². The van der Waals surface area contributed by atoms with Gasteiger partial charge in [-0.3, -0.25) is 4.57 Å². The smallest absolute Gasteiger partial charge is 0.335 e. The van der Waals surface area contributed by atoms with Crippen molar-refractivity contribution in [3.8, 4) is 6.07 Å². The van der Waals surface area contributed by atoms with E-state index in [2.05, 4.69) is 6.07 Å². The van der Waals surface area contributed by atoms with Crippen LogP contribution in [0.15, 0.2) is 4.42 Å². The molecule has 0 unspecified atom stereocenters. The van der Waals surface area contributed by atoms with E-state index >= 15 is 0 Å². The first kappa shape index (κ1) is 18.0. The van der Waals surface area contributed by atoms with E-state index in [0.717, 1.165) is 0 Å². The molecule has 0 radical (unpaired) electrons. The molecule has 1 aromatic rings. The average molecular weight is 313 g/mol. The Hall–Kier alpha value is -1.08. The monoisotopic (exact) mass is 313 g/mol. The molecule has 0 aliphatic rings. The van der Waals surface area contributed by atoms with Crippen molar-refractivity contribution in [3.63, 3.8) is 0 Å². The molecule has 118 valence electrons. The van der Waals surface area contributed by atoms with Crippen molar-refractivity contribution in [2.45, 2.75) is 53.1 Å². The summed E-state index contributed by atoms with van der Waals surface area (Å²) < 4.78 is 29.2. The lowest BCUT2D eigenvalue weighted by atomic mass is 9.90. The molecule has 0 saturated carbocycles. The Labute approximate surface area is 126 Å². The highest BCUT2D eigenvalue weighted by Crippen LogP contribution is 2.53. The van der Waals surface area contributed by atoms with Gasteiger partial charge in [0.1, 0.15) is 17.6 Å². The van der Waals surface area contributed by atoms with Crippen molar-refractivity contribution in [2.75, 3.05) is 13.2 Å². The van der Waals surface area contributed by atoms with Crippen molar-refractivity contribution in [2.24, 2.45) is 0 Å². The third kappa shape index (κ3) is 4.20. The SMILES string of the molecule is CCOP(=O)(Cc1c(C(C)(C)C)oc(C)c1C#N)OCC. The molecular formula is C15H24NO4P. The number of furan rings is 1. The van der Waals surface area contributed by atoms with Crippen LogP contribution in [0.5, 0.6) is 0 Å². The molecule has 5 nitrogen and oxygen atoms in total. The zero-order valence-corrected chi connectivity index (χ0v) is 14.5. The molecule has 0 aliphatic heterocycles. The van der Waals surface area contributed by atoms with Crippen molar-refractivity contribution in [3.05, 3.63) is 22.6 Å². The average Bonchev–Trinajstić information content (AvgIpc) is 2.65. The second-order valence-corrected chi connectivity index (χ2v) is 7.86. The summed E-state index contributed by atoms with van der Waals surface area (Å²) in [4.78, 5) is 0. The Kier molecular flexibility index (Phi) is 5.81. The molecule has 0 saturated heterocycles. The van der Waals surface area contributed by atoms with Gasteiger partial charge in [-0.15, -0.1) is 0 Å². The highest BCUT2D eigenvalue weighted by atomic mass is 31.2. The Morgan fingerprint density at radius 3 is 2.14 bits per heavy atom. The molecule has 0 atom stereocenters. The van der Waals surface area contributed by atoms with Gasteiger partial charge in [-0.25, -0.2) is 0 Å². The van der Waals surface area contributed by atoms with Gasteiger partial charge in [-0.1, -0.05) is 20.8 Å². The van der Waals surface area contributed by atoms with E-state index in [1.54, 1.807) is 20.8 Å². The summed E-state index contributed by atoms with van der Waals surface area (Å²) in [5.41, 5.74) is 0.769. The van der Waals surface area contributed by atoms with Crippen LogP contribution in [0.4, 0.5) is 0 Å². The summed E-state index contributed by atoms with van der Waals surface area (Å²) in [6.45, 7) is 11.8. The first-order valence-corrected chi connectivity index (χ1v) is 8.82. The van der Waals surface area contributed by atoms with E-state index in [9.17, 15) is 9.83 Å². The van der Waals surface area contributed by atoms with Crippen molar-refractivity contribution >= 4 is 7.60 Å². The van der Waals surface area contributed by atoms with Crippen LogP contribution in [-0.2, 0) is 25.2 Å². The molecule has 21 heavy (non-hydrogen) atoms. The molecule has 0 fully saturated rings. The van der Waals surface area contributed by atoms with Gasteiger partial charge in [-0.05, 0) is 20.8 Å². The number of hydrogen-bond acceptors (Lipinski definition) is 5. The summed E-state index contributed by atoms with van der Waals surface area (Å²) in [7, 11) is -3.28. The van der Waals surface area contributed by atoms with Crippen LogP contribution in [0.3, 0.4) is 0 Å². The van der Waals surface area contributed by atoms with Crippen LogP contribution in [0.1, 0.15) is 57.3 Å². The fourth-order valence-electron chi connectivity index (χ4n) is 2.21. The van der Waals surface area contributed by atoms with Gasteiger partial charge in [0.2, 0.25) is 0 Å². The molecule has 0 amide bonds. The summed E-state index contributed by atoms with van der Waals surface area (Å²) >= 11 is 0. The first-order valence-electron chi connectivity index (χ1n) is 7.09. The van der Waals surface area contributed by atoms with Gasteiger partial charge < -0.3 is 13.5 Å². The third-order valence-electron chi connectivity index (χ3n) is 2.98. The predicted molar refractivity (Wildman–Crippen MR) is 81.4 cm³/mol. The van der Waals surface area contributed by atoms with Gasteiger partial charge in [-0.2, -0.15) is 5.26 Å². The lowest BCUT2D eigenvalue weighted by Gasteiger charge is -2.21. The largest absolute Gasteiger partial charge is 0.464 e. The van der Waals surface area contributed by atoms with Crippen LogP contribution in [0, 0.1) is 18.3 Å². The summed E-state index contributed by atoms with van der Waals surface area (Å²) in [6, 6.07) is 2.14. The highest BCUT2D eigenvalue weighted by molar-refractivity contribution is 7.53. The van der Waals surface area contributed by atoms with Gasteiger partial charge in [0.05, 0.1) is 24.9 Å². The Morgan fingerprint density at radius 1 is 1.24 bits per heavy atom. The minimum Gasteiger partial charge on any atom is -0.464 e. The Bertz CT molecular complexity index is 568. The number of nitriles is 1. The fourth-order valence-corrected chi connectivity index (χ4v) is 3.94. The van der Waals surface area contributed by atoms with E-state index in [1.165, 1.54) is 0 Å². The van der Waals surface area contributed by atoms with Crippen LogP contribution in [0.25, 0.3) is 0 Å². The maximum Gasteiger partial charge on any atom is 0.335 e. The third-order valence-corrected chi connectivity index (χ3v) is 4.99. The van der Waals surface area contributed by atoms with E-state index in [-0.39, 0.29) is 11.6 Å². The Morgan fingerprint density at radius 2 is 1.76 bits per heavy atom. The maximum absolute atomic E-state index is 12.7. The number of aryl methyl sites for hydroxylation is 1. The summed E-state index contributed by atoms with van der Waals surface area (Å²) in [6.07, 6.45) is 0.0571. The van der Waals surface area contributed by atoms with Gasteiger partial charge in [0, 0.05) is 11.0 Å². The zero-order chi connectivity index (χ0) is 16.3. The number of hydrogen-bond donors (Lipinski definition) is 0. The van der Waals surface area contributed by atoms with Crippen molar-refractivity contribution in [1.29, 1.82) is 5.26 Å². The van der Waals surface area contributed by atoms with E-state index in [1.807, 2.05) is 20.8 Å². The lowest BCUT2D eigenvalue weighted by molar-refractivity contribution is 0.219. The van der Waals surface area contributed by atoms with Crippen LogP contribution >= 0.6 is 7.60 Å². The van der Waals surface area contributed by atoms with Gasteiger partial charge in [0.25, 0.3) is 0 Å². The first-order chi connectivity index (χ1) is 9.68. The molecule has 0 spiro atoms. The number of rotatable bonds is 6. The quantitative estimate of drug-likeness (QED) is 0.722. The molecule has 0 N–H and O–H groups in total. The highest BCUT2D eigenvalue weighted by Gasteiger charge is 2.33. The second kappa shape index (κ2) is 6.79. The number of nitrogens with zero attached hydrogens (tertiary/aromatic N) is 1. The maximum atomic E-state index is 12.7. The summed E-state index contributed by atoms with van der Waals surface area (Å²) in [5.74, 6) is 1.20. The van der Waals surface area contributed by atoms with Crippen LogP contribution in [-0.4, -0.2) is 13.2 Å². The minimum atomic E-state index is -3.28. The topological polar surface area (TPSA) is 72.5 Å². The molecule has 0 bridgehead atoms. The van der Waals surface area contributed by atoms with Crippen molar-refractivity contribution < 1.29 is 18.0 Å². The second-order valence-electron chi connectivity index (χ2n) is 5.81. The van der Waals surface area contributed by atoms with Crippen molar-refractivity contribution in [1.82, 2.24) is 0 Å². The summed E-state index contributed by atoms with van der Waals surface area (Å²) in [5, 5.41) is 9.35. The minimum absolute atomic E-state index is 0.0571. The van der Waals surface area contributed by atoms with E-state index < -0.39 is 7.60 Å². The molecule has 0 aromatic carbocycles. The molecule has 1 heterocycles. The van der Waals surface area contributed by atoms with Gasteiger partial charge >= 0.3 is 7.60 Å². The predicted octanol–water partition coefficient (Wildman–Crippen LogP) is 4.52. The molecule has 0 aliphatic carbocycles. The van der Waals surface area contributed by atoms with E-state index in [4.69, 9.17) is 13.5 Å². The fraction of sp³-hybridized carbons (Fsp3) is 0.667. The lowest BCUT2D eigenvalue weighted by Crippen LogP contribution is -2.13. The van der Waals surface area contributed by atoms with Crippen LogP contribution in [0.2, 0.25) is 0 Å². The standard InChI is InChI=1S/C15H24NO4P/c1-7-18-21(17,19-8-2)10-13-12(9-16)11(3)20-14(13)15(4,5)6/h7-8,10H2,1-6H3. The molecule has 1 aromatic heterocycles. The molecule has 6 heteroatoms. The molecule has 1 rings (SSSR count). The Balaban J connectivity index is 3.35. The van der Waals surface area contributed by atoms with Crippen LogP contribution < -0.4 is 0 Å². The normalized spacial score (nSPS) is 12.4.